The lowest BCUT2D eigenvalue weighted by molar-refractivity contribution is -0.138. The first-order valence-electron chi connectivity index (χ1n) is 10.0. The summed E-state index contributed by atoms with van der Waals surface area (Å²) in [7, 11) is 0. The number of nitrogens with zero attached hydrogens (tertiary/aromatic N) is 4. The largest absolute Gasteiger partial charge is 0.381 e. The first-order valence-corrected chi connectivity index (χ1v) is 10.4. The molecule has 1 amide bonds. The van der Waals surface area contributed by atoms with Gasteiger partial charge in [0, 0.05) is 30.3 Å². The zero-order valence-corrected chi connectivity index (χ0v) is 17.3. The standard InChI is InChI=1S/C20H22ClF3N6O/c21-11-6-12(22)8-13(7-11)28-15-2-1-4-30(20(15)31)16-9-29(5-3-14(16)23)19-17(24)18(25)26-10-27-19/h6-8,10,14-16,28H,1-5,9H2,(H2,25,26,27)/t14-,15-,16?/m1/s1. The summed E-state index contributed by atoms with van der Waals surface area (Å²) in [4.78, 5) is 23.8. The van der Waals surface area contributed by atoms with Gasteiger partial charge < -0.3 is 20.9 Å². The molecule has 2 aliphatic heterocycles. The highest BCUT2D eigenvalue weighted by atomic mass is 35.5. The average Bonchev–Trinajstić information content (AvgIpc) is 2.72. The molecular formula is C20H22ClF3N6O. The van der Waals surface area contributed by atoms with Crippen molar-refractivity contribution in [3.05, 3.63) is 41.2 Å². The van der Waals surface area contributed by atoms with Crippen LogP contribution in [-0.2, 0) is 4.79 Å². The second-order valence-corrected chi connectivity index (χ2v) is 8.18. The Balaban J connectivity index is 1.51. The van der Waals surface area contributed by atoms with E-state index in [2.05, 4.69) is 15.3 Å². The van der Waals surface area contributed by atoms with Crippen molar-refractivity contribution in [1.82, 2.24) is 14.9 Å². The Kier molecular flexibility index (Phi) is 6.08. The molecule has 0 radical (unpaired) electrons. The predicted molar refractivity (Wildman–Crippen MR) is 112 cm³/mol. The Labute approximate surface area is 182 Å². The normalized spacial score (nSPS) is 24.4. The van der Waals surface area contributed by atoms with Crippen LogP contribution in [0.5, 0.6) is 0 Å². The van der Waals surface area contributed by atoms with Gasteiger partial charge in [-0.25, -0.2) is 18.7 Å². The molecule has 11 heteroatoms. The first-order chi connectivity index (χ1) is 14.8. The van der Waals surface area contributed by atoms with Crippen molar-refractivity contribution in [3.8, 4) is 0 Å². The summed E-state index contributed by atoms with van der Waals surface area (Å²) >= 11 is 5.89. The van der Waals surface area contributed by atoms with E-state index in [1.54, 1.807) is 4.90 Å². The molecule has 1 unspecified atom stereocenters. The van der Waals surface area contributed by atoms with E-state index < -0.39 is 29.9 Å². The van der Waals surface area contributed by atoms with Crippen LogP contribution < -0.4 is 16.0 Å². The minimum Gasteiger partial charge on any atom is -0.381 e. The molecule has 3 heterocycles. The average molecular weight is 455 g/mol. The molecule has 0 saturated carbocycles. The van der Waals surface area contributed by atoms with Crippen LogP contribution in [0.1, 0.15) is 19.3 Å². The minimum atomic E-state index is -1.26. The molecule has 2 fully saturated rings. The van der Waals surface area contributed by atoms with Crippen LogP contribution in [0, 0.1) is 11.6 Å². The molecular weight excluding hydrogens is 433 g/mol. The lowest BCUT2D eigenvalue weighted by atomic mass is 9.96. The number of hydrogen-bond acceptors (Lipinski definition) is 6. The van der Waals surface area contributed by atoms with Crippen molar-refractivity contribution >= 4 is 34.8 Å². The molecule has 0 bridgehead atoms. The van der Waals surface area contributed by atoms with E-state index in [9.17, 15) is 18.0 Å². The maximum absolute atomic E-state index is 14.9. The third kappa shape index (κ3) is 4.48. The molecule has 1 aromatic carbocycles. The number of nitrogens with one attached hydrogen (secondary N) is 1. The molecule has 166 valence electrons. The zero-order chi connectivity index (χ0) is 22.1. The van der Waals surface area contributed by atoms with Gasteiger partial charge >= 0.3 is 0 Å². The smallest absolute Gasteiger partial charge is 0.245 e. The van der Waals surface area contributed by atoms with E-state index in [0.29, 0.717) is 25.1 Å². The third-order valence-corrected chi connectivity index (χ3v) is 5.89. The van der Waals surface area contributed by atoms with E-state index in [1.807, 2.05) is 0 Å². The van der Waals surface area contributed by atoms with Gasteiger partial charge in [0.25, 0.3) is 0 Å². The highest BCUT2D eigenvalue weighted by Crippen LogP contribution is 2.29. The van der Waals surface area contributed by atoms with Crippen LogP contribution in [0.15, 0.2) is 24.5 Å². The number of halogens is 4. The predicted octanol–water partition coefficient (Wildman–Crippen LogP) is 3.01. The fourth-order valence-electron chi connectivity index (χ4n) is 4.18. The molecule has 0 aliphatic carbocycles. The number of benzene rings is 1. The molecule has 2 aromatic rings. The Morgan fingerprint density at radius 2 is 1.97 bits per heavy atom. The molecule has 4 rings (SSSR count). The van der Waals surface area contributed by atoms with Crippen molar-refractivity contribution in [2.45, 2.75) is 37.5 Å². The van der Waals surface area contributed by atoms with Gasteiger partial charge in [-0.2, -0.15) is 4.39 Å². The summed E-state index contributed by atoms with van der Waals surface area (Å²) in [5.74, 6) is -1.85. The summed E-state index contributed by atoms with van der Waals surface area (Å²) in [6, 6.07) is 2.55. The van der Waals surface area contributed by atoms with Gasteiger partial charge in [0.2, 0.25) is 11.7 Å². The van der Waals surface area contributed by atoms with Crippen molar-refractivity contribution in [2.24, 2.45) is 0 Å². The molecule has 3 N–H and O–H groups in total. The zero-order valence-electron chi connectivity index (χ0n) is 16.6. The lowest BCUT2D eigenvalue weighted by Crippen LogP contribution is -2.60. The van der Waals surface area contributed by atoms with Crippen LogP contribution in [0.4, 0.5) is 30.5 Å². The number of nitrogens with two attached hydrogens (primary N) is 1. The van der Waals surface area contributed by atoms with Gasteiger partial charge in [-0.3, -0.25) is 4.79 Å². The van der Waals surface area contributed by atoms with Crippen molar-refractivity contribution in [3.63, 3.8) is 0 Å². The summed E-state index contributed by atoms with van der Waals surface area (Å²) in [5.41, 5.74) is 5.91. The highest BCUT2D eigenvalue weighted by Gasteiger charge is 2.41. The fourth-order valence-corrected chi connectivity index (χ4v) is 4.41. The van der Waals surface area contributed by atoms with Gasteiger partial charge in [0.15, 0.2) is 11.6 Å². The minimum absolute atomic E-state index is 0.00191. The molecule has 3 atom stereocenters. The van der Waals surface area contributed by atoms with Gasteiger partial charge in [-0.05, 0) is 37.5 Å². The highest BCUT2D eigenvalue weighted by molar-refractivity contribution is 6.30. The SMILES string of the molecule is Nc1ncnc(N2CC[C@@H](F)C(N3CCC[C@@H](Nc4cc(F)cc(Cl)c4)C3=O)C2)c1F. The van der Waals surface area contributed by atoms with E-state index in [-0.39, 0.29) is 42.1 Å². The Morgan fingerprint density at radius 1 is 1.16 bits per heavy atom. The topological polar surface area (TPSA) is 87.4 Å². The van der Waals surface area contributed by atoms with Crippen LogP contribution >= 0.6 is 11.6 Å². The maximum Gasteiger partial charge on any atom is 0.245 e. The first kappa shape index (κ1) is 21.5. The summed E-state index contributed by atoms with van der Waals surface area (Å²) in [6.07, 6.45) is 1.18. The Bertz CT molecular complexity index is 960. The van der Waals surface area contributed by atoms with Crippen LogP contribution in [0.25, 0.3) is 0 Å². The molecule has 0 spiro atoms. The van der Waals surface area contributed by atoms with Gasteiger partial charge in [0.05, 0.1) is 6.04 Å². The number of amides is 1. The number of hydrogen-bond donors (Lipinski definition) is 2. The van der Waals surface area contributed by atoms with E-state index >= 15 is 0 Å². The summed E-state index contributed by atoms with van der Waals surface area (Å²) in [6.45, 7) is 0.712. The number of carbonyl (C=O) groups is 1. The van der Waals surface area contributed by atoms with E-state index in [1.165, 1.54) is 23.1 Å². The number of nitrogen functional groups attached to an aromatic ring is 1. The second-order valence-electron chi connectivity index (χ2n) is 7.74. The molecule has 2 aliphatic rings. The van der Waals surface area contributed by atoms with E-state index in [4.69, 9.17) is 17.3 Å². The fraction of sp³-hybridized carbons (Fsp3) is 0.450. The van der Waals surface area contributed by atoms with Crippen LogP contribution in [-0.4, -0.2) is 58.7 Å². The molecule has 1 aromatic heterocycles. The number of piperidine rings is 2. The van der Waals surface area contributed by atoms with Crippen LogP contribution in [0.2, 0.25) is 5.02 Å². The van der Waals surface area contributed by atoms with Gasteiger partial charge in [-0.15, -0.1) is 0 Å². The van der Waals surface area contributed by atoms with Crippen molar-refractivity contribution in [2.75, 3.05) is 35.6 Å². The van der Waals surface area contributed by atoms with Gasteiger partial charge in [0.1, 0.15) is 24.4 Å². The molecule has 2 saturated heterocycles. The van der Waals surface area contributed by atoms with Crippen LogP contribution in [0.3, 0.4) is 0 Å². The van der Waals surface area contributed by atoms with Gasteiger partial charge in [-0.1, -0.05) is 11.6 Å². The number of likely N-dealkylation sites (tertiary alicyclic amines) is 1. The summed E-state index contributed by atoms with van der Waals surface area (Å²) in [5, 5.41) is 3.22. The number of anilines is 3. The Hall–Kier alpha value is -2.75. The second kappa shape index (κ2) is 8.78. The monoisotopic (exact) mass is 454 g/mol. The maximum atomic E-state index is 14.9. The number of rotatable bonds is 4. The summed E-state index contributed by atoms with van der Waals surface area (Å²) < 4.78 is 42.9. The lowest BCUT2D eigenvalue weighted by Gasteiger charge is -2.44. The Morgan fingerprint density at radius 3 is 2.74 bits per heavy atom. The number of aromatic nitrogens is 2. The molecule has 31 heavy (non-hydrogen) atoms. The van der Waals surface area contributed by atoms with Crippen molar-refractivity contribution < 1.29 is 18.0 Å². The third-order valence-electron chi connectivity index (χ3n) is 5.67. The quantitative estimate of drug-likeness (QED) is 0.738. The van der Waals surface area contributed by atoms with E-state index in [0.717, 1.165) is 6.33 Å². The van der Waals surface area contributed by atoms with Crippen molar-refractivity contribution in [1.29, 1.82) is 0 Å². The number of alkyl halides is 1. The molecule has 7 nitrogen and oxygen atoms in total. The number of carbonyl (C=O) groups excluding carboxylic acids is 1.